The second-order valence-electron chi connectivity index (χ2n) is 2.55. The predicted molar refractivity (Wildman–Crippen MR) is 38.4 cm³/mol. The number of methoxy groups -OCH3 is 1. The maximum absolute atomic E-state index is 10.8. The van der Waals surface area contributed by atoms with Gasteiger partial charge in [-0.05, 0) is 6.92 Å². The van der Waals surface area contributed by atoms with E-state index in [0.717, 1.165) is 0 Å². The highest BCUT2D eigenvalue weighted by atomic mass is 16.5. The summed E-state index contributed by atoms with van der Waals surface area (Å²) in [5, 5.41) is 0. The van der Waals surface area contributed by atoms with Crippen LogP contribution in [0.15, 0.2) is 0 Å². The zero-order valence-electron chi connectivity index (χ0n) is 6.59. The van der Waals surface area contributed by atoms with Gasteiger partial charge in [0.2, 0.25) is 5.91 Å². The van der Waals surface area contributed by atoms with Crippen LogP contribution < -0.4 is 11.5 Å². The largest absolute Gasteiger partial charge is 0.468 e. The number of nitrogens with two attached hydrogens (primary N) is 2. The Balaban J connectivity index is 4.21. The number of ether oxygens (including phenoxy) is 1. The monoisotopic (exact) mass is 160 g/mol. The lowest BCUT2D eigenvalue weighted by atomic mass is 9.99. The third-order valence-electron chi connectivity index (χ3n) is 1.19. The first-order valence-electron chi connectivity index (χ1n) is 3.06. The Labute approximate surface area is 64.7 Å². The summed E-state index contributed by atoms with van der Waals surface area (Å²) >= 11 is 0. The highest BCUT2D eigenvalue weighted by molar-refractivity contribution is 5.87. The van der Waals surface area contributed by atoms with Gasteiger partial charge in [0.05, 0.1) is 13.5 Å². The Morgan fingerprint density at radius 2 is 2.00 bits per heavy atom. The zero-order valence-corrected chi connectivity index (χ0v) is 6.59. The van der Waals surface area contributed by atoms with Gasteiger partial charge < -0.3 is 16.2 Å². The van der Waals surface area contributed by atoms with Crippen molar-refractivity contribution < 1.29 is 14.3 Å². The van der Waals surface area contributed by atoms with Crippen LogP contribution >= 0.6 is 0 Å². The number of carbonyl (C=O) groups is 2. The summed E-state index contributed by atoms with van der Waals surface area (Å²) in [5.74, 6) is -1.27. The molecule has 0 spiro atoms. The zero-order chi connectivity index (χ0) is 9.07. The van der Waals surface area contributed by atoms with Gasteiger partial charge in [0.25, 0.3) is 0 Å². The van der Waals surface area contributed by atoms with Crippen LogP contribution in [-0.4, -0.2) is 24.5 Å². The molecule has 0 aromatic rings. The summed E-state index contributed by atoms with van der Waals surface area (Å²) < 4.78 is 4.34. The molecule has 0 aromatic carbocycles. The quantitative estimate of drug-likeness (QED) is 0.504. The van der Waals surface area contributed by atoms with Gasteiger partial charge in [-0.15, -0.1) is 0 Å². The van der Waals surface area contributed by atoms with Crippen LogP contribution in [0.1, 0.15) is 13.3 Å². The Kier molecular flexibility index (Phi) is 3.00. The number of primary amides is 1. The number of rotatable bonds is 3. The molecule has 64 valence electrons. The summed E-state index contributed by atoms with van der Waals surface area (Å²) in [6.07, 6.45) is -0.209. The topological polar surface area (TPSA) is 95.4 Å². The van der Waals surface area contributed by atoms with E-state index in [1.165, 1.54) is 14.0 Å². The average molecular weight is 160 g/mol. The summed E-state index contributed by atoms with van der Waals surface area (Å²) in [6.45, 7) is 1.39. The molecule has 0 saturated heterocycles. The molecule has 0 aliphatic rings. The smallest absolute Gasteiger partial charge is 0.326 e. The molecule has 5 nitrogen and oxygen atoms in total. The number of esters is 1. The van der Waals surface area contributed by atoms with Crippen molar-refractivity contribution in [3.05, 3.63) is 0 Å². The van der Waals surface area contributed by atoms with Gasteiger partial charge in [-0.2, -0.15) is 0 Å². The van der Waals surface area contributed by atoms with Gasteiger partial charge in [0.15, 0.2) is 0 Å². The molecule has 0 bridgehead atoms. The van der Waals surface area contributed by atoms with Crippen LogP contribution in [0.4, 0.5) is 0 Å². The summed E-state index contributed by atoms with van der Waals surface area (Å²) in [7, 11) is 1.20. The number of hydrogen-bond donors (Lipinski definition) is 2. The molecule has 1 amide bonds. The maximum atomic E-state index is 10.8. The number of amides is 1. The lowest BCUT2D eigenvalue weighted by molar-refractivity contribution is -0.148. The van der Waals surface area contributed by atoms with Gasteiger partial charge in [0.1, 0.15) is 5.54 Å². The molecule has 0 heterocycles. The minimum Gasteiger partial charge on any atom is -0.468 e. The third kappa shape index (κ3) is 2.99. The van der Waals surface area contributed by atoms with Crippen molar-refractivity contribution in [1.29, 1.82) is 0 Å². The van der Waals surface area contributed by atoms with Crippen molar-refractivity contribution >= 4 is 11.9 Å². The van der Waals surface area contributed by atoms with Gasteiger partial charge >= 0.3 is 5.97 Å². The Hall–Kier alpha value is -1.10. The second kappa shape index (κ2) is 3.34. The van der Waals surface area contributed by atoms with E-state index in [1.807, 2.05) is 0 Å². The van der Waals surface area contributed by atoms with E-state index < -0.39 is 17.4 Å². The fourth-order valence-electron chi connectivity index (χ4n) is 0.667. The minimum absolute atomic E-state index is 0.209. The van der Waals surface area contributed by atoms with E-state index >= 15 is 0 Å². The molecule has 0 aliphatic heterocycles. The van der Waals surface area contributed by atoms with Gasteiger partial charge in [0, 0.05) is 0 Å². The highest BCUT2D eigenvalue weighted by Crippen LogP contribution is 2.06. The number of hydrogen-bond acceptors (Lipinski definition) is 4. The van der Waals surface area contributed by atoms with Gasteiger partial charge in [-0.1, -0.05) is 0 Å². The van der Waals surface area contributed by atoms with Crippen molar-refractivity contribution in [2.75, 3.05) is 7.11 Å². The van der Waals surface area contributed by atoms with E-state index in [1.54, 1.807) is 0 Å². The van der Waals surface area contributed by atoms with E-state index in [0.29, 0.717) is 0 Å². The third-order valence-corrected chi connectivity index (χ3v) is 1.19. The van der Waals surface area contributed by atoms with Crippen LogP contribution in [0.2, 0.25) is 0 Å². The van der Waals surface area contributed by atoms with Crippen molar-refractivity contribution in [1.82, 2.24) is 0 Å². The van der Waals surface area contributed by atoms with Gasteiger partial charge in [-0.25, -0.2) is 0 Å². The lowest BCUT2D eigenvalue weighted by Crippen LogP contribution is -2.48. The SMILES string of the molecule is COC(=O)[C@@](C)(N)CC(N)=O. The van der Waals surface area contributed by atoms with E-state index in [2.05, 4.69) is 4.74 Å². The second-order valence-corrected chi connectivity index (χ2v) is 2.55. The molecule has 1 atom stereocenters. The van der Waals surface area contributed by atoms with Crippen LogP contribution in [0.5, 0.6) is 0 Å². The van der Waals surface area contributed by atoms with Crippen LogP contribution in [-0.2, 0) is 14.3 Å². The van der Waals surface area contributed by atoms with Crippen LogP contribution in [0.3, 0.4) is 0 Å². The summed E-state index contributed by atoms with van der Waals surface area (Å²) in [6, 6.07) is 0. The summed E-state index contributed by atoms with van der Waals surface area (Å²) in [4.78, 5) is 21.2. The lowest BCUT2D eigenvalue weighted by Gasteiger charge is -2.18. The molecular weight excluding hydrogens is 148 g/mol. The van der Waals surface area contributed by atoms with E-state index in [-0.39, 0.29) is 6.42 Å². The molecule has 0 saturated carbocycles. The molecule has 0 radical (unpaired) electrons. The Bertz CT molecular complexity index is 177. The molecule has 11 heavy (non-hydrogen) atoms. The Morgan fingerprint density at radius 3 is 2.27 bits per heavy atom. The molecule has 4 N–H and O–H groups in total. The molecular formula is C6H12N2O3. The molecule has 5 heteroatoms. The fourth-order valence-corrected chi connectivity index (χ4v) is 0.667. The molecule has 0 fully saturated rings. The van der Waals surface area contributed by atoms with E-state index in [4.69, 9.17) is 11.5 Å². The average Bonchev–Trinajstić information content (AvgIpc) is 1.83. The van der Waals surface area contributed by atoms with Crippen molar-refractivity contribution in [2.45, 2.75) is 18.9 Å². The molecule has 0 aromatic heterocycles. The Morgan fingerprint density at radius 1 is 1.55 bits per heavy atom. The number of carbonyl (C=O) groups excluding carboxylic acids is 2. The fraction of sp³-hybridized carbons (Fsp3) is 0.667. The first-order chi connectivity index (χ1) is 4.90. The van der Waals surface area contributed by atoms with Crippen molar-refractivity contribution in [2.24, 2.45) is 11.5 Å². The van der Waals surface area contributed by atoms with Gasteiger partial charge in [-0.3, -0.25) is 9.59 Å². The van der Waals surface area contributed by atoms with Crippen molar-refractivity contribution in [3.63, 3.8) is 0 Å². The maximum Gasteiger partial charge on any atom is 0.326 e. The molecule has 0 rings (SSSR count). The molecule has 0 aliphatic carbocycles. The highest BCUT2D eigenvalue weighted by Gasteiger charge is 2.31. The normalized spacial score (nSPS) is 15.2. The standard InChI is InChI=1S/C6H12N2O3/c1-6(8,3-4(7)9)5(10)11-2/h3,8H2,1-2H3,(H2,7,9)/t6-/m0/s1. The van der Waals surface area contributed by atoms with Crippen LogP contribution in [0, 0.1) is 0 Å². The van der Waals surface area contributed by atoms with Crippen LogP contribution in [0.25, 0.3) is 0 Å². The molecule has 0 unspecified atom stereocenters. The van der Waals surface area contributed by atoms with Crippen molar-refractivity contribution in [3.8, 4) is 0 Å². The minimum atomic E-state index is -1.30. The first-order valence-corrected chi connectivity index (χ1v) is 3.06. The predicted octanol–water partition coefficient (Wildman–Crippen LogP) is -1.25. The van der Waals surface area contributed by atoms with E-state index in [9.17, 15) is 9.59 Å². The first kappa shape index (κ1) is 9.90. The summed E-state index contributed by atoms with van der Waals surface area (Å²) in [5.41, 5.74) is 8.94.